The van der Waals surface area contributed by atoms with Gasteiger partial charge >= 0.3 is 5.97 Å². The lowest BCUT2D eigenvalue weighted by molar-refractivity contribution is 0.0697. The summed E-state index contributed by atoms with van der Waals surface area (Å²) in [5.74, 6) is -0.225. The fourth-order valence-electron chi connectivity index (χ4n) is 2.03. The third-order valence-electron chi connectivity index (χ3n) is 3.38. The summed E-state index contributed by atoms with van der Waals surface area (Å²) in [5, 5.41) is 12.7. The minimum absolute atomic E-state index is 0.271. The van der Waals surface area contributed by atoms with E-state index in [0.717, 1.165) is 24.1 Å². The Morgan fingerprint density at radius 1 is 1.22 bits per heavy atom. The molecule has 2 rings (SSSR count). The highest BCUT2D eigenvalue weighted by Crippen LogP contribution is 2.26. The summed E-state index contributed by atoms with van der Waals surface area (Å²) >= 11 is 6.23. The SMILES string of the molecule is CCCCOc1ccc(CNc2ccc(C(=O)O)cc2)cc1Cl. The highest BCUT2D eigenvalue weighted by molar-refractivity contribution is 6.32. The normalized spacial score (nSPS) is 10.3. The number of carboxylic acid groups (broad SMARTS) is 1. The maximum absolute atomic E-state index is 10.8. The number of rotatable bonds is 8. The molecule has 0 aliphatic carbocycles. The van der Waals surface area contributed by atoms with Gasteiger partial charge in [-0.05, 0) is 48.4 Å². The zero-order valence-electron chi connectivity index (χ0n) is 13.0. The maximum Gasteiger partial charge on any atom is 0.335 e. The molecule has 0 atom stereocenters. The lowest BCUT2D eigenvalue weighted by Crippen LogP contribution is -2.02. The predicted molar refractivity (Wildman–Crippen MR) is 92.6 cm³/mol. The highest BCUT2D eigenvalue weighted by atomic mass is 35.5. The minimum atomic E-state index is -0.929. The summed E-state index contributed by atoms with van der Waals surface area (Å²) in [6, 6.07) is 12.3. The van der Waals surface area contributed by atoms with Crippen LogP contribution in [-0.4, -0.2) is 17.7 Å². The van der Waals surface area contributed by atoms with E-state index in [2.05, 4.69) is 12.2 Å². The van der Waals surface area contributed by atoms with Crippen molar-refractivity contribution >= 4 is 23.3 Å². The smallest absolute Gasteiger partial charge is 0.335 e. The molecule has 0 heterocycles. The van der Waals surface area contributed by atoms with Gasteiger partial charge in [0.05, 0.1) is 17.2 Å². The second kappa shape index (κ2) is 8.44. The van der Waals surface area contributed by atoms with Crippen molar-refractivity contribution in [3.05, 3.63) is 58.6 Å². The molecule has 0 aromatic heterocycles. The van der Waals surface area contributed by atoms with Gasteiger partial charge in [-0.3, -0.25) is 0 Å². The van der Waals surface area contributed by atoms with Crippen molar-refractivity contribution in [1.82, 2.24) is 0 Å². The van der Waals surface area contributed by atoms with Crippen LogP contribution in [0.25, 0.3) is 0 Å². The standard InChI is InChI=1S/C18H20ClNO3/c1-2-3-10-23-17-9-4-13(11-16(17)19)12-20-15-7-5-14(6-8-15)18(21)22/h4-9,11,20H,2-3,10,12H2,1H3,(H,21,22). The Morgan fingerprint density at radius 2 is 1.96 bits per heavy atom. The molecule has 23 heavy (non-hydrogen) atoms. The summed E-state index contributed by atoms with van der Waals surface area (Å²) in [5.41, 5.74) is 2.15. The molecule has 0 unspecified atom stereocenters. The Bertz CT molecular complexity index is 656. The molecule has 2 aromatic rings. The summed E-state index contributed by atoms with van der Waals surface area (Å²) in [6.07, 6.45) is 2.09. The van der Waals surface area contributed by atoms with E-state index in [1.54, 1.807) is 24.3 Å². The average Bonchev–Trinajstić information content (AvgIpc) is 2.55. The molecule has 0 aliphatic rings. The van der Waals surface area contributed by atoms with Crippen LogP contribution in [0.4, 0.5) is 5.69 Å². The Hall–Kier alpha value is -2.20. The quantitative estimate of drug-likeness (QED) is 0.679. The monoisotopic (exact) mass is 333 g/mol. The summed E-state index contributed by atoms with van der Waals surface area (Å²) in [6.45, 7) is 3.38. The Morgan fingerprint density at radius 3 is 2.57 bits per heavy atom. The van der Waals surface area contributed by atoms with Crippen LogP contribution in [-0.2, 0) is 6.54 Å². The second-order valence-electron chi connectivity index (χ2n) is 5.20. The van der Waals surface area contributed by atoms with Crippen LogP contribution in [0.5, 0.6) is 5.75 Å². The second-order valence-corrected chi connectivity index (χ2v) is 5.61. The van der Waals surface area contributed by atoms with E-state index in [1.807, 2.05) is 18.2 Å². The van der Waals surface area contributed by atoms with Crippen LogP contribution in [0.2, 0.25) is 5.02 Å². The van der Waals surface area contributed by atoms with Crippen LogP contribution in [0.1, 0.15) is 35.7 Å². The highest BCUT2D eigenvalue weighted by Gasteiger charge is 2.04. The van der Waals surface area contributed by atoms with Crippen molar-refractivity contribution in [2.75, 3.05) is 11.9 Å². The number of benzene rings is 2. The van der Waals surface area contributed by atoms with Gasteiger partial charge in [0.2, 0.25) is 0 Å². The number of nitrogens with one attached hydrogen (secondary N) is 1. The molecule has 0 spiro atoms. The number of carbonyl (C=O) groups is 1. The molecule has 0 aliphatic heterocycles. The molecule has 0 amide bonds. The van der Waals surface area contributed by atoms with Gasteiger partial charge in [-0.2, -0.15) is 0 Å². The Balaban J connectivity index is 1.92. The lowest BCUT2D eigenvalue weighted by Gasteiger charge is -2.10. The Labute approximate surface area is 141 Å². The lowest BCUT2D eigenvalue weighted by atomic mass is 10.2. The first-order valence-corrected chi connectivity index (χ1v) is 7.96. The van der Waals surface area contributed by atoms with Crippen LogP contribution in [0.3, 0.4) is 0 Å². The summed E-state index contributed by atoms with van der Waals surface area (Å²) in [4.78, 5) is 10.8. The average molecular weight is 334 g/mol. The molecule has 4 nitrogen and oxygen atoms in total. The van der Waals surface area contributed by atoms with Crippen LogP contribution in [0.15, 0.2) is 42.5 Å². The molecule has 0 saturated carbocycles. The molecule has 0 radical (unpaired) electrons. The van der Waals surface area contributed by atoms with E-state index in [1.165, 1.54) is 0 Å². The number of unbranched alkanes of at least 4 members (excludes halogenated alkanes) is 1. The van der Waals surface area contributed by atoms with Crippen molar-refractivity contribution in [2.45, 2.75) is 26.3 Å². The van der Waals surface area contributed by atoms with Crippen molar-refractivity contribution < 1.29 is 14.6 Å². The van der Waals surface area contributed by atoms with E-state index in [-0.39, 0.29) is 5.56 Å². The zero-order chi connectivity index (χ0) is 16.7. The van der Waals surface area contributed by atoms with Gasteiger partial charge in [-0.1, -0.05) is 31.0 Å². The van der Waals surface area contributed by atoms with Gasteiger partial charge in [0.25, 0.3) is 0 Å². The number of hydrogen-bond acceptors (Lipinski definition) is 3. The number of aromatic carboxylic acids is 1. The first kappa shape index (κ1) is 17.2. The van der Waals surface area contributed by atoms with Crippen LogP contribution in [0, 0.1) is 0 Å². The van der Waals surface area contributed by atoms with E-state index in [9.17, 15) is 4.79 Å². The van der Waals surface area contributed by atoms with Crippen molar-refractivity contribution in [2.24, 2.45) is 0 Å². The fraction of sp³-hybridized carbons (Fsp3) is 0.278. The zero-order valence-corrected chi connectivity index (χ0v) is 13.8. The number of hydrogen-bond donors (Lipinski definition) is 2. The largest absolute Gasteiger partial charge is 0.492 e. The molecular formula is C18H20ClNO3. The van der Waals surface area contributed by atoms with Crippen LogP contribution >= 0.6 is 11.6 Å². The van der Waals surface area contributed by atoms with Crippen molar-refractivity contribution in [1.29, 1.82) is 0 Å². The summed E-state index contributed by atoms with van der Waals surface area (Å²) < 4.78 is 5.62. The predicted octanol–water partition coefficient (Wildman–Crippen LogP) is 4.83. The molecule has 5 heteroatoms. The van der Waals surface area contributed by atoms with Gasteiger partial charge in [0.15, 0.2) is 0 Å². The van der Waals surface area contributed by atoms with E-state index < -0.39 is 5.97 Å². The van der Waals surface area contributed by atoms with E-state index in [4.69, 9.17) is 21.4 Å². The van der Waals surface area contributed by atoms with Gasteiger partial charge in [-0.15, -0.1) is 0 Å². The molecule has 0 fully saturated rings. The topological polar surface area (TPSA) is 58.6 Å². The first-order valence-electron chi connectivity index (χ1n) is 7.58. The van der Waals surface area contributed by atoms with Crippen molar-refractivity contribution in [3.63, 3.8) is 0 Å². The number of ether oxygens (including phenoxy) is 1. The number of carboxylic acids is 1. The molecule has 0 bridgehead atoms. The Kier molecular flexibility index (Phi) is 6.29. The van der Waals surface area contributed by atoms with Gasteiger partial charge in [-0.25, -0.2) is 4.79 Å². The number of halogens is 1. The third-order valence-corrected chi connectivity index (χ3v) is 3.68. The number of anilines is 1. The van der Waals surface area contributed by atoms with Gasteiger partial charge < -0.3 is 15.2 Å². The minimum Gasteiger partial charge on any atom is -0.492 e. The van der Waals surface area contributed by atoms with Crippen LogP contribution < -0.4 is 10.1 Å². The van der Waals surface area contributed by atoms with E-state index in [0.29, 0.717) is 23.9 Å². The third kappa shape index (κ3) is 5.18. The maximum atomic E-state index is 10.8. The molecule has 0 saturated heterocycles. The van der Waals surface area contributed by atoms with Gasteiger partial charge in [0.1, 0.15) is 5.75 Å². The van der Waals surface area contributed by atoms with Gasteiger partial charge in [0, 0.05) is 12.2 Å². The summed E-state index contributed by atoms with van der Waals surface area (Å²) in [7, 11) is 0. The fourth-order valence-corrected chi connectivity index (χ4v) is 2.29. The molecule has 2 aromatic carbocycles. The molecule has 122 valence electrons. The van der Waals surface area contributed by atoms with E-state index >= 15 is 0 Å². The van der Waals surface area contributed by atoms with Crippen molar-refractivity contribution in [3.8, 4) is 5.75 Å². The first-order chi connectivity index (χ1) is 11.1. The molecule has 2 N–H and O–H groups in total. The molecular weight excluding hydrogens is 314 g/mol.